The van der Waals surface area contributed by atoms with Crippen LogP contribution in [0.4, 0.5) is 30.7 Å². The topological polar surface area (TPSA) is 17.1 Å². The predicted octanol–water partition coefficient (Wildman–Crippen LogP) is 4.83. The number of hydrogen-bond acceptors (Lipinski definition) is 1. The minimum Gasteiger partial charge on any atom is -0.287 e. The van der Waals surface area contributed by atoms with Crippen LogP contribution in [0.25, 0.3) is 0 Å². The maximum Gasteiger partial charge on any atom is 0.460 e. The Kier molecular flexibility index (Phi) is 4.41. The molecule has 0 aliphatic rings. The van der Waals surface area contributed by atoms with Crippen molar-refractivity contribution in [2.45, 2.75) is 37.8 Å². The average molecular weight is 316 g/mol. The molecule has 0 aromatic heterocycles. The van der Waals surface area contributed by atoms with Crippen LogP contribution in [0.5, 0.6) is 0 Å². The van der Waals surface area contributed by atoms with Gasteiger partial charge in [0, 0.05) is 5.56 Å². The largest absolute Gasteiger partial charge is 0.460 e. The highest BCUT2D eigenvalue weighted by Gasteiger charge is 2.76. The molecule has 0 spiro atoms. The van der Waals surface area contributed by atoms with E-state index in [2.05, 4.69) is 0 Å². The molecule has 1 aromatic rings. The maximum absolute atomic E-state index is 13.2. The molecular formula is C13H11F7O. The number of benzene rings is 1. The average Bonchev–Trinajstić information content (AvgIpc) is 2.36. The van der Waals surface area contributed by atoms with Gasteiger partial charge < -0.3 is 0 Å². The second-order valence-electron chi connectivity index (χ2n) is 4.75. The van der Waals surface area contributed by atoms with E-state index in [4.69, 9.17) is 0 Å². The minimum absolute atomic E-state index is 0.0220. The number of rotatable bonds is 4. The molecule has 0 unspecified atom stereocenters. The van der Waals surface area contributed by atoms with Crippen LogP contribution in [0.15, 0.2) is 24.3 Å². The Hall–Kier alpha value is -1.60. The van der Waals surface area contributed by atoms with Crippen molar-refractivity contribution in [1.29, 1.82) is 0 Å². The van der Waals surface area contributed by atoms with E-state index >= 15 is 0 Å². The predicted molar refractivity (Wildman–Crippen MR) is 60.8 cm³/mol. The zero-order valence-electron chi connectivity index (χ0n) is 10.9. The molecular weight excluding hydrogens is 305 g/mol. The standard InChI is InChI=1S/C13H11F7O/c1-7(2)8-3-5-9(6-4-8)10(21)11(14,15)12(16,17)13(18,19)20/h3-7H,1-2H3. The van der Waals surface area contributed by atoms with Gasteiger partial charge in [0.2, 0.25) is 5.78 Å². The highest BCUT2D eigenvalue weighted by Crippen LogP contribution is 2.47. The van der Waals surface area contributed by atoms with Crippen molar-refractivity contribution in [3.8, 4) is 0 Å². The second kappa shape index (κ2) is 5.31. The number of carbonyl (C=O) groups is 1. The van der Waals surface area contributed by atoms with Crippen molar-refractivity contribution < 1.29 is 35.5 Å². The van der Waals surface area contributed by atoms with Crippen molar-refractivity contribution in [2.75, 3.05) is 0 Å². The summed E-state index contributed by atoms with van der Waals surface area (Å²) < 4.78 is 87.9. The summed E-state index contributed by atoms with van der Waals surface area (Å²) in [4.78, 5) is 11.3. The first-order valence-corrected chi connectivity index (χ1v) is 5.79. The fourth-order valence-electron chi connectivity index (χ4n) is 1.52. The molecule has 0 bridgehead atoms. The Morgan fingerprint density at radius 1 is 0.905 bits per heavy atom. The van der Waals surface area contributed by atoms with Gasteiger partial charge in [-0.1, -0.05) is 38.1 Å². The third kappa shape index (κ3) is 3.03. The molecule has 0 fully saturated rings. The Balaban J connectivity index is 3.17. The third-order valence-electron chi connectivity index (χ3n) is 2.88. The fourth-order valence-corrected chi connectivity index (χ4v) is 1.52. The SMILES string of the molecule is CC(C)c1ccc(C(=O)C(F)(F)C(F)(F)C(F)(F)F)cc1. The van der Waals surface area contributed by atoms with E-state index in [1.807, 2.05) is 0 Å². The van der Waals surface area contributed by atoms with Gasteiger partial charge in [-0.15, -0.1) is 0 Å². The molecule has 21 heavy (non-hydrogen) atoms. The Bertz CT molecular complexity index is 514. The molecule has 0 saturated heterocycles. The maximum atomic E-state index is 13.2. The lowest BCUT2D eigenvalue weighted by Crippen LogP contribution is -2.56. The molecule has 1 rings (SSSR count). The van der Waals surface area contributed by atoms with Gasteiger partial charge >= 0.3 is 18.0 Å². The van der Waals surface area contributed by atoms with E-state index < -0.39 is 29.4 Å². The first kappa shape index (κ1) is 17.5. The van der Waals surface area contributed by atoms with Crippen LogP contribution in [0.3, 0.4) is 0 Å². The van der Waals surface area contributed by atoms with Crippen molar-refractivity contribution >= 4 is 5.78 Å². The lowest BCUT2D eigenvalue weighted by atomic mass is 9.96. The first-order chi connectivity index (χ1) is 9.32. The van der Waals surface area contributed by atoms with Gasteiger partial charge in [0.15, 0.2) is 0 Å². The van der Waals surface area contributed by atoms with E-state index in [1.54, 1.807) is 13.8 Å². The van der Waals surface area contributed by atoms with E-state index in [0.29, 0.717) is 5.56 Å². The van der Waals surface area contributed by atoms with Gasteiger partial charge in [0.25, 0.3) is 0 Å². The zero-order chi connectivity index (χ0) is 16.6. The Morgan fingerprint density at radius 3 is 1.67 bits per heavy atom. The number of halogens is 7. The minimum atomic E-state index is -6.52. The first-order valence-electron chi connectivity index (χ1n) is 5.79. The van der Waals surface area contributed by atoms with E-state index in [-0.39, 0.29) is 5.92 Å². The van der Waals surface area contributed by atoms with Crippen molar-refractivity contribution in [1.82, 2.24) is 0 Å². The highest BCUT2D eigenvalue weighted by molar-refractivity contribution is 6.02. The normalized spacial score (nSPS) is 13.6. The van der Waals surface area contributed by atoms with Crippen LogP contribution in [0.2, 0.25) is 0 Å². The van der Waals surface area contributed by atoms with Gasteiger partial charge in [-0.25, -0.2) is 0 Å². The molecule has 118 valence electrons. The summed E-state index contributed by atoms with van der Waals surface area (Å²) in [6, 6.07) is 4.05. The molecule has 0 saturated carbocycles. The molecule has 1 aromatic carbocycles. The lowest BCUT2D eigenvalue weighted by Gasteiger charge is -2.27. The van der Waals surface area contributed by atoms with Crippen LogP contribution >= 0.6 is 0 Å². The molecule has 0 N–H and O–H groups in total. The smallest absolute Gasteiger partial charge is 0.287 e. The Morgan fingerprint density at radius 2 is 1.33 bits per heavy atom. The van der Waals surface area contributed by atoms with E-state index in [1.165, 1.54) is 12.1 Å². The third-order valence-corrected chi connectivity index (χ3v) is 2.88. The van der Waals surface area contributed by atoms with Crippen molar-refractivity contribution in [3.05, 3.63) is 35.4 Å². The van der Waals surface area contributed by atoms with Gasteiger partial charge in [-0.2, -0.15) is 30.7 Å². The molecule has 0 amide bonds. The fraction of sp³-hybridized carbons (Fsp3) is 0.462. The van der Waals surface area contributed by atoms with Gasteiger partial charge in [-0.05, 0) is 11.5 Å². The summed E-state index contributed by atoms with van der Waals surface area (Å²) in [5, 5.41) is 0. The molecule has 0 radical (unpaired) electrons. The summed E-state index contributed by atoms with van der Waals surface area (Å²) in [7, 11) is 0. The summed E-state index contributed by atoms with van der Waals surface area (Å²) in [5.41, 5.74) is -0.286. The molecule has 1 nitrogen and oxygen atoms in total. The number of carbonyl (C=O) groups excluding carboxylic acids is 1. The van der Waals surface area contributed by atoms with Gasteiger partial charge in [0.1, 0.15) is 0 Å². The van der Waals surface area contributed by atoms with Crippen LogP contribution in [-0.2, 0) is 0 Å². The lowest BCUT2D eigenvalue weighted by molar-refractivity contribution is -0.339. The molecule has 0 aliphatic heterocycles. The van der Waals surface area contributed by atoms with E-state index in [9.17, 15) is 35.5 Å². The number of Topliss-reactive ketones (excluding diaryl/α,β-unsaturated/α-hetero) is 1. The molecule has 8 heteroatoms. The van der Waals surface area contributed by atoms with Gasteiger partial charge in [-0.3, -0.25) is 4.79 Å². The van der Waals surface area contributed by atoms with Crippen LogP contribution in [-0.4, -0.2) is 23.8 Å². The molecule has 0 aliphatic carbocycles. The van der Waals surface area contributed by atoms with Crippen LogP contribution < -0.4 is 0 Å². The van der Waals surface area contributed by atoms with Crippen molar-refractivity contribution in [3.63, 3.8) is 0 Å². The zero-order valence-corrected chi connectivity index (χ0v) is 10.9. The summed E-state index contributed by atoms with van der Waals surface area (Å²) in [6.07, 6.45) is -6.52. The summed E-state index contributed by atoms with van der Waals surface area (Å²) in [6.45, 7) is 3.51. The number of alkyl halides is 7. The second-order valence-corrected chi connectivity index (χ2v) is 4.75. The summed E-state index contributed by atoms with van der Waals surface area (Å²) >= 11 is 0. The quantitative estimate of drug-likeness (QED) is 0.574. The number of hydrogen-bond donors (Lipinski definition) is 0. The molecule has 0 atom stereocenters. The molecule has 0 heterocycles. The Labute approximate surface area is 115 Å². The monoisotopic (exact) mass is 316 g/mol. The highest BCUT2D eigenvalue weighted by atomic mass is 19.4. The van der Waals surface area contributed by atoms with Crippen LogP contribution in [0.1, 0.15) is 35.7 Å². The van der Waals surface area contributed by atoms with E-state index in [0.717, 1.165) is 12.1 Å². The number of ketones is 1. The summed E-state index contributed by atoms with van der Waals surface area (Å²) in [5.74, 6) is -14.9. The van der Waals surface area contributed by atoms with Gasteiger partial charge in [0.05, 0.1) is 0 Å². The van der Waals surface area contributed by atoms with Crippen molar-refractivity contribution in [2.24, 2.45) is 0 Å². The van der Waals surface area contributed by atoms with Crippen LogP contribution in [0, 0.1) is 0 Å².